The fraction of sp³-hybridized carbons (Fsp3) is 0.429. The van der Waals surface area contributed by atoms with Gasteiger partial charge in [0.25, 0.3) is 0 Å². The predicted molar refractivity (Wildman–Crippen MR) is 69.9 cm³/mol. The van der Waals surface area contributed by atoms with Gasteiger partial charge in [0, 0.05) is 0 Å². The number of esters is 2. The molecule has 0 aliphatic rings. The lowest BCUT2D eigenvalue weighted by molar-refractivity contribution is -0.168. The van der Waals surface area contributed by atoms with E-state index >= 15 is 0 Å². The van der Waals surface area contributed by atoms with Crippen LogP contribution >= 0.6 is 0 Å². The van der Waals surface area contributed by atoms with Gasteiger partial charge in [-0.15, -0.1) is 6.58 Å². The molecule has 0 aromatic carbocycles. The quantitative estimate of drug-likeness (QED) is 0.302. The zero-order valence-corrected chi connectivity index (χ0v) is 11.1. The first-order chi connectivity index (χ1) is 8.58. The summed E-state index contributed by atoms with van der Waals surface area (Å²) in [5, 5.41) is 0. The summed E-state index contributed by atoms with van der Waals surface area (Å²) in [5.74, 6) is -1.22. The summed E-state index contributed by atoms with van der Waals surface area (Å²) < 4.78 is 9.42. The zero-order valence-electron chi connectivity index (χ0n) is 11.1. The molecule has 0 aromatic rings. The third kappa shape index (κ3) is 3.87. The minimum atomic E-state index is -1.34. The molecule has 0 rings (SSSR count). The number of methoxy groups -OCH3 is 2. The SMILES string of the molecule is C=CCC(C/C=C/C=C/C)(C(=O)OC)C(=O)OC. The van der Waals surface area contributed by atoms with Crippen molar-refractivity contribution >= 4 is 11.9 Å². The van der Waals surface area contributed by atoms with Crippen LogP contribution in [0.3, 0.4) is 0 Å². The van der Waals surface area contributed by atoms with Crippen LogP contribution in [0.4, 0.5) is 0 Å². The van der Waals surface area contributed by atoms with Gasteiger partial charge < -0.3 is 9.47 Å². The Morgan fingerprint density at radius 2 is 1.67 bits per heavy atom. The van der Waals surface area contributed by atoms with Gasteiger partial charge in [-0.1, -0.05) is 30.4 Å². The van der Waals surface area contributed by atoms with Crippen LogP contribution in [0.25, 0.3) is 0 Å². The Morgan fingerprint density at radius 1 is 1.11 bits per heavy atom. The van der Waals surface area contributed by atoms with Crippen LogP contribution in [0.5, 0.6) is 0 Å². The van der Waals surface area contributed by atoms with Crippen LogP contribution < -0.4 is 0 Å². The first-order valence-electron chi connectivity index (χ1n) is 5.64. The lowest BCUT2D eigenvalue weighted by atomic mass is 9.81. The van der Waals surface area contributed by atoms with Crippen LogP contribution in [0.15, 0.2) is 37.0 Å². The number of hydrogen-bond acceptors (Lipinski definition) is 4. The van der Waals surface area contributed by atoms with Crippen molar-refractivity contribution in [2.75, 3.05) is 14.2 Å². The highest BCUT2D eigenvalue weighted by molar-refractivity contribution is 6.00. The van der Waals surface area contributed by atoms with E-state index in [1.54, 1.807) is 12.2 Å². The van der Waals surface area contributed by atoms with Gasteiger partial charge in [0.1, 0.15) is 0 Å². The van der Waals surface area contributed by atoms with E-state index in [2.05, 4.69) is 6.58 Å². The number of hydrogen-bond donors (Lipinski definition) is 0. The van der Waals surface area contributed by atoms with E-state index in [-0.39, 0.29) is 12.8 Å². The summed E-state index contributed by atoms with van der Waals surface area (Å²) in [4.78, 5) is 23.7. The van der Waals surface area contributed by atoms with Crippen LogP contribution in [0.1, 0.15) is 19.8 Å². The van der Waals surface area contributed by atoms with Crippen molar-refractivity contribution < 1.29 is 19.1 Å². The van der Waals surface area contributed by atoms with Gasteiger partial charge in [-0.05, 0) is 19.8 Å². The lowest BCUT2D eigenvalue weighted by Crippen LogP contribution is -2.40. The minimum absolute atomic E-state index is 0.173. The van der Waals surface area contributed by atoms with E-state index in [0.717, 1.165) is 0 Å². The van der Waals surface area contributed by atoms with Crippen LogP contribution in [0, 0.1) is 5.41 Å². The van der Waals surface area contributed by atoms with E-state index < -0.39 is 17.4 Å². The Kier molecular flexibility index (Phi) is 7.43. The summed E-state index contributed by atoms with van der Waals surface area (Å²) >= 11 is 0. The van der Waals surface area contributed by atoms with E-state index in [0.29, 0.717) is 0 Å². The first kappa shape index (κ1) is 16.2. The second kappa shape index (κ2) is 8.28. The normalized spacial score (nSPS) is 11.7. The van der Waals surface area contributed by atoms with Crippen LogP contribution in [-0.2, 0) is 19.1 Å². The third-order valence-electron chi connectivity index (χ3n) is 2.55. The number of ether oxygens (including phenoxy) is 2. The van der Waals surface area contributed by atoms with Crippen molar-refractivity contribution in [3.63, 3.8) is 0 Å². The minimum Gasteiger partial charge on any atom is -0.468 e. The third-order valence-corrected chi connectivity index (χ3v) is 2.55. The fourth-order valence-corrected chi connectivity index (χ4v) is 1.60. The molecule has 0 heterocycles. The highest BCUT2D eigenvalue weighted by atomic mass is 16.5. The molecule has 0 bridgehead atoms. The fourth-order valence-electron chi connectivity index (χ4n) is 1.60. The second-order valence-electron chi connectivity index (χ2n) is 3.72. The zero-order chi connectivity index (χ0) is 14.0. The smallest absolute Gasteiger partial charge is 0.323 e. The van der Waals surface area contributed by atoms with Crippen LogP contribution in [0.2, 0.25) is 0 Å². The summed E-state index contributed by atoms with van der Waals surface area (Å²) in [6, 6.07) is 0. The maximum Gasteiger partial charge on any atom is 0.323 e. The van der Waals surface area contributed by atoms with E-state index in [4.69, 9.17) is 9.47 Å². The van der Waals surface area contributed by atoms with E-state index in [1.165, 1.54) is 20.3 Å². The first-order valence-corrected chi connectivity index (χ1v) is 5.64. The van der Waals surface area contributed by atoms with Crippen molar-refractivity contribution in [2.24, 2.45) is 5.41 Å². The van der Waals surface area contributed by atoms with Crippen molar-refractivity contribution in [1.82, 2.24) is 0 Å². The molecule has 0 saturated heterocycles. The predicted octanol–water partition coefficient (Wildman–Crippen LogP) is 2.42. The molecule has 0 aliphatic carbocycles. The summed E-state index contributed by atoms with van der Waals surface area (Å²) in [7, 11) is 2.50. The van der Waals surface area contributed by atoms with Gasteiger partial charge in [-0.25, -0.2) is 0 Å². The molecule has 0 unspecified atom stereocenters. The second-order valence-corrected chi connectivity index (χ2v) is 3.72. The van der Waals surface area contributed by atoms with E-state index in [1.807, 2.05) is 19.1 Å². The molecule has 0 saturated carbocycles. The molecule has 18 heavy (non-hydrogen) atoms. The van der Waals surface area contributed by atoms with Crippen molar-refractivity contribution in [1.29, 1.82) is 0 Å². The van der Waals surface area contributed by atoms with Gasteiger partial charge in [-0.3, -0.25) is 9.59 Å². The maximum absolute atomic E-state index is 11.9. The van der Waals surface area contributed by atoms with Crippen molar-refractivity contribution in [2.45, 2.75) is 19.8 Å². The molecular formula is C14H20O4. The standard InChI is InChI=1S/C14H20O4/c1-5-7-8-9-11-14(10-6-2,12(15)17-3)13(16)18-4/h5-9H,2,10-11H2,1,3-4H3/b7-5+,9-8+. The number of rotatable bonds is 7. The Hall–Kier alpha value is -1.84. The van der Waals surface area contributed by atoms with Gasteiger partial charge in [-0.2, -0.15) is 0 Å². The Labute approximate surface area is 108 Å². The van der Waals surface area contributed by atoms with Crippen molar-refractivity contribution in [3.8, 4) is 0 Å². The molecule has 0 amide bonds. The molecule has 4 nitrogen and oxygen atoms in total. The molecule has 0 fully saturated rings. The molecule has 4 heteroatoms. The highest BCUT2D eigenvalue weighted by Crippen LogP contribution is 2.31. The van der Waals surface area contributed by atoms with Gasteiger partial charge >= 0.3 is 11.9 Å². The molecule has 0 radical (unpaired) electrons. The summed E-state index contributed by atoms with van der Waals surface area (Å²) in [6.07, 6.45) is 9.06. The molecule has 0 spiro atoms. The van der Waals surface area contributed by atoms with Gasteiger partial charge in [0.05, 0.1) is 14.2 Å². The molecule has 0 aromatic heterocycles. The highest BCUT2D eigenvalue weighted by Gasteiger charge is 2.46. The Morgan fingerprint density at radius 3 is 2.06 bits per heavy atom. The number of allylic oxidation sites excluding steroid dienone is 5. The van der Waals surface area contributed by atoms with Crippen molar-refractivity contribution in [3.05, 3.63) is 37.0 Å². The molecule has 100 valence electrons. The monoisotopic (exact) mass is 252 g/mol. The topological polar surface area (TPSA) is 52.6 Å². The molecular weight excluding hydrogens is 232 g/mol. The number of carbonyl (C=O) groups is 2. The summed E-state index contributed by atoms with van der Waals surface area (Å²) in [6.45, 7) is 5.45. The van der Waals surface area contributed by atoms with Gasteiger partial charge in [0.2, 0.25) is 0 Å². The Balaban J connectivity index is 5.25. The largest absolute Gasteiger partial charge is 0.468 e. The Bertz CT molecular complexity index is 337. The molecule has 0 N–H and O–H groups in total. The van der Waals surface area contributed by atoms with E-state index in [9.17, 15) is 9.59 Å². The molecule has 0 aliphatic heterocycles. The lowest BCUT2D eigenvalue weighted by Gasteiger charge is -2.25. The molecule has 0 atom stereocenters. The van der Waals surface area contributed by atoms with Crippen LogP contribution in [-0.4, -0.2) is 26.2 Å². The average Bonchev–Trinajstić information content (AvgIpc) is 2.40. The summed E-state index contributed by atoms with van der Waals surface area (Å²) in [5.41, 5.74) is -1.34. The average molecular weight is 252 g/mol. The number of carbonyl (C=O) groups excluding carboxylic acids is 2. The maximum atomic E-state index is 11.9. The van der Waals surface area contributed by atoms with Gasteiger partial charge in [0.15, 0.2) is 5.41 Å².